The number of hydrogen-bond donors (Lipinski definition) is 0. The van der Waals surface area contributed by atoms with Gasteiger partial charge in [-0.15, -0.1) is 22.7 Å². The molecular formula is C12H14S2. The zero-order valence-electron chi connectivity index (χ0n) is 8.54. The van der Waals surface area contributed by atoms with Gasteiger partial charge in [-0.25, -0.2) is 0 Å². The Balaban J connectivity index is 1.94. The van der Waals surface area contributed by atoms with Crippen molar-refractivity contribution in [1.82, 2.24) is 0 Å². The van der Waals surface area contributed by atoms with E-state index >= 15 is 0 Å². The Morgan fingerprint density at radius 1 is 1.07 bits per heavy atom. The quantitative estimate of drug-likeness (QED) is 0.729. The highest BCUT2D eigenvalue weighted by Crippen LogP contribution is 2.20. The lowest BCUT2D eigenvalue weighted by Gasteiger charge is -1.94. The lowest BCUT2D eigenvalue weighted by atomic mass is 10.2. The van der Waals surface area contributed by atoms with Gasteiger partial charge in [-0.1, -0.05) is 0 Å². The summed E-state index contributed by atoms with van der Waals surface area (Å²) in [6, 6.07) is 6.76. The van der Waals surface area contributed by atoms with Gasteiger partial charge in [-0.05, 0) is 55.8 Å². The average Bonchev–Trinajstić information content (AvgIpc) is 2.72. The molecule has 2 heterocycles. The topological polar surface area (TPSA) is 0 Å². The second kappa shape index (κ2) is 4.28. The first-order chi connectivity index (χ1) is 6.74. The van der Waals surface area contributed by atoms with E-state index in [9.17, 15) is 0 Å². The second-order valence-electron chi connectivity index (χ2n) is 3.60. The fraction of sp³-hybridized carbons (Fsp3) is 0.333. The molecule has 0 spiro atoms. The molecule has 14 heavy (non-hydrogen) atoms. The monoisotopic (exact) mass is 222 g/mol. The van der Waals surface area contributed by atoms with Crippen molar-refractivity contribution in [2.75, 3.05) is 0 Å². The van der Waals surface area contributed by atoms with Gasteiger partial charge in [-0.3, -0.25) is 0 Å². The molecule has 2 aromatic heterocycles. The molecule has 0 saturated heterocycles. The standard InChI is InChI=1S/C12H14S2/c1-9-7-12(13-8-9)6-5-11-4-3-10(2)14-11/h3-4,7-8H,5-6H2,1-2H3. The summed E-state index contributed by atoms with van der Waals surface area (Å²) in [6.07, 6.45) is 2.39. The van der Waals surface area contributed by atoms with Crippen LogP contribution in [0.5, 0.6) is 0 Å². The maximum Gasteiger partial charge on any atom is 0.00516 e. The Morgan fingerprint density at radius 3 is 2.43 bits per heavy atom. The van der Waals surface area contributed by atoms with Gasteiger partial charge in [0.2, 0.25) is 0 Å². The predicted molar refractivity (Wildman–Crippen MR) is 65.5 cm³/mol. The van der Waals surface area contributed by atoms with Gasteiger partial charge in [0.1, 0.15) is 0 Å². The number of hydrogen-bond acceptors (Lipinski definition) is 2. The van der Waals surface area contributed by atoms with Crippen LogP contribution in [0, 0.1) is 13.8 Å². The molecule has 2 aromatic rings. The van der Waals surface area contributed by atoms with Gasteiger partial charge in [-0.2, -0.15) is 0 Å². The van der Waals surface area contributed by atoms with Crippen molar-refractivity contribution in [2.24, 2.45) is 0 Å². The zero-order chi connectivity index (χ0) is 9.97. The van der Waals surface area contributed by atoms with Gasteiger partial charge in [0, 0.05) is 14.6 Å². The molecule has 0 aliphatic rings. The summed E-state index contributed by atoms with van der Waals surface area (Å²) in [5, 5.41) is 2.23. The van der Waals surface area contributed by atoms with E-state index in [1.54, 1.807) is 0 Å². The first kappa shape index (κ1) is 9.94. The van der Waals surface area contributed by atoms with Crippen LogP contribution in [0.2, 0.25) is 0 Å². The molecule has 2 heteroatoms. The fourth-order valence-electron chi connectivity index (χ4n) is 1.49. The highest BCUT2D eigenvalue weighted by molar-refractivity contribution is 7.12. The Hall–Kier alpha value is -0.600. The largest absolute Gasteiger partial charge is 0.149 e. The van der Waals surface area contributed by atoms with Crippen molar-refractivity contribution >= 4 is 22.7 Å². The van der Waals surface area contributed by atoms with Gasteiger partial charge in [0.25, 0.3) is 0 Å². The molecule has 0 radical (unpaired) electrons. The van der Waals surface area contributed by atoms with Crippen molar-refractivity contribution in [3.8, 4) is 0 Å². The van der Waals surface area contributed by atoms with Crippen LogP contribution in [-0.2, 0) is 12.8 Å². The van der Waals surface area contributed by atoms with E-state index < -0.39 is 0 Å². The fourth-order valence-corrected chi connectivity index (χ4v) is 3.26. The van der Waals surface area contributed by atoms with Crippen molar-refractivity contribution < 1.29 is 0 Å². The minimum atomic E-state index is 1.19. The molecule has 0 N–H and O–H groups in total. The van der Waals surface area contributed by atoms with Gasteiger partial charge in [0.05, 0.1) is 0 Å². The molecule has 0 nitrogen and oxygen atoms in total. The van der Waals surface area contributed by atoms with Crippen LogP contribution in [0.4, 0.5) is 0 Å². The van der Waals surface area contributed by atoms with Gasteiger partial charge >= 0.3 is 0 Å². The third-order valence-electron chi connectivity index (χ3n) is 2.20. The van der Waals surface area contributed by atoms with Gasteiger partial charge < -0.3 is 0 Å². The van der Waals surface area contributed by atoms with Crippen LogP contribution in [0.1, 0.15) is 20.2 Å². The first-order valence-corrected chi connectivity index (χ1v) is 6.53. The summed E-state index contributed by atoms with van der Waals surface area (Å²) in [7, 11) is 0. The Bertz CT molecular complexity index is 369. The number of rotatable bonds is 3. The van der Waals surface area contributed by atoms with Crippen molar-refractivity contribution in [1.29, 1.82) is 0 Å². The lowest BCUT2D eigenvalue weighted by molar-refractivity contribution is 1.00. The molecule has 0 unspecified atom stereocenters. The molecule has 0 aromatic carbocycles. The maximum absolute atomic E-state index is 2.30. The average molecular weight is 222 g/mol. The molecule has 0 atom stereocenters. The van der Waals surface area contributed by atoms with Crippen molar-refractivity contribution in [3.05, 3.63) is 43.8 Å². The van der Waals surface area contributed by atoms with Crippen molar-refractivity contribution in [3.63, 3.8) is 0 Å². The summed E-state index contributed by atoms with van der Waals surface area (Å²) in [4.78, 5) is 4.43. The van der Waals surface area contributed by atoms with E-state index in [-0.39, 0.29) is 0 Å². The number of aryl methyl sites for hydroxylation is 4. The Labute approximate surface area is 93.2 Å². The van der Waals surface area contributed by atoms with E-state index in [1.807, 2.05) is 22.7 Å². The summed E-state index contributed by atoms with van der Waals surface area (Å²) >= 11 is 3.80. The SMILES string of the molecule is Cc1csc(CCc2ccc(C)s2)c1. The van der Waals surface area contributed by atoms with Crippen LogP contribution in [-0.4, -0.2) is 0 Å². The van der Waals surface area contributed by atoms with E-state index in [0.717, 1.165) is 0 Å². The van der Waals surface area contributed by atoms with E-state index in [4.69, 9.17) is 0 Å². The van der Waals surface area contributed by atoms with Crippen molar-refractivity contribution in [2.45, 2.75) is 26.7 Å². The van der Waals surface area contributed by atoms with E-state index in [0.29, 0.717) is 0 Å². The zero-order valence-corrected chi connectivity index (χ0v) is 10.2. The van der Waals surface area contributed by atoms with Crippen LogP contribution >= 0.6 is 22.7 Å². The molecule has 0 bridgehead atoms. The molecule has 0 saturated carbocycles. The highest BCUT2D eigenvalue weighted by Gasteiger charge is 2.00. The molecular weight excluding hydrogens is 208 g/mol. The minimum Gasteiger partial charge on any atom is -0.149 e. The smallest absolute Gasteiger partial charge is 0.00516 e. The first-order valence-electron chi connectivity index (χ1n) is 4.83. The number of thiophene rings is 2. The lowest BCUT2D eigenvalue weighted by Crippen LogP contribution is -1.83. The Kier molecular flexibility index (Phi) is 3.04. The minimum absolute atomic E-state index is 1.19. The van der Waals surface area contributed by atoms with Gasteiger partial charge in [0.15, 0.2) is 0 Å². The third-order valence-corrected chi connectivity index (χ3v) is 4.37. The third kappa shape index (κ3) is 2.46. The van der Waals surface area contributed by atoms with Crippen LogP contribution in [0.15, 0.2) is 23.6 Å². The Morgan fingerprint density at radius 2 is 1.86 bits per heavy atom. The predicted octanol–water partition coefficient (Wildman–Crippen LogP) is 4.21. The van der Waals surface area contributed by atoms with Crippen LogP contribution in [0.25, 0.3) is 0 Å². The van der Waals surface area contributed by atoms with E-state index in [2.05, 4.69) is 37.4 Å². The summed E-state index contributed by atoms with van der Waals surface area (Å²) in [5.74, 6) is 0. The second-order valence-corrected chi connectivity index (χ2v) is 5.97. The molecule has 0 amide bonds. The highest BCUT2D eigenvalue weighted by atomic mass is 32.1. The summed E-state index contributed by atoms with van der Waals surface area (Å²) < 4.78 is 0. The molecule has 2 rings (SSSR count). The molecule has 0 aliphatic carbocycles. The molecule has 0 aliphatic heterocycles. The van der Waals surface area contributed by atoms with Crippen LogP contribution < -0.4 is 0 Å². The molecule has 0 fully saturated rings. The molecule has 74 valence electrons. The summed E-state index contributed by atoms with van der Waals surface area (Å²) in [5.41, 5.74) is 1.40. The normalized spacial score (nSPS) is 10.7. The van der Waals surface area contributed by atoms with E-state index in [1.165, 1.54) is 33.0 Å². The maximum atomic E-state index is 2.30. The van der Waals surface area contributed by atoms with Crippen LogP contribution in [0.3, 0.4) is 0 Å². The summed E-state index contributed by atoms with van der Waals surface area (Å²) in [6.45, 7) is 4.33.